The number of aryl methyl sites for hydroxylation is 1. The largest absolute Gasteiger partial charge is 0.416 e. The van der Waals surface area contributed by atoms with Crippen LogP contribution in [0.4, 0.5) is 13.2 Å². The van der Waals surface area contributed by atoms with Crippen molar-refractivity contribution < 1.29 is 22.7 Å². The van der Waals surface area contributed by atoms with E-state index in [2.05, 4.69) is 4.74 Å². The maximum absolute atomic E-state index is 12.6. The SMILES string of the molecule is O=C(CCn1ccccc1=O)N1CCOC(C(F)(F)F)C1. The summed E-state index contributed by atoms with van der Waals surface area (Å²) < 4.78 is 43.7. The van der Waals surface area contributed by atoms with E-state index in [1.165, 1.54) is 16.8 Å². The molecule has 0 aromatic carbocycles. The van der Waals surface area contributed by atoms with Gasteiger partial charge in [0.25, 0.3) is 5.56 Å². The number of hydrogen-bond acceptors (Lipinski definition) is 3. The standard InChI is InChI=1S/C13H15F3N2O3/c14-13(15,16)10-9-18(7-8-21-10)12(20)4-6-17-5-2-1-3-11(17)19/h1-3,5,10H,4,6-9H2. The third-order valence-corrected chi connectivity index (χ3v) is 3.25. The molecule has 8 heteroatoms. The number of aromatic nitrogens is 1. The van der Waals surface area contributed by atoms with Gasteiger partial charge >= 0.3 is 6.18 Å². The second kappa shape index (κ2) is 6.30. The fourth-order valence-electron chi connectivity index (χ4n) is 2.09. The van der Waals surface area contributed by atoms with Crippen molar-refractivity contribution in [1.29, 1.82) is 0 Å². The molecule has 0 aliphatic carbocycles. The number of carbonyl (C=O) groups excluding carboxylic acids is 1. The second-order valence-corrected chi connectivity index (χ2v) is 4.72. The van der Waals surface area contributed by atoms with Crippen molar-refractivity contribution in [3.8, 4) is 0 Å². The average Bonchev–Trinajstić information content (AvgIpc) is 2.45. The predicted octanol–water partition coefficient (Wildman–Crippen LogP) is 1.03. The van der Waals surface area contributed by atoms with Crippen molar-refractivity contribution >= 4 is 5.91 Å². The van der Waals surface area contributed by atoms with E-state index < -0.39 is 24.7 Å². The molecule has 0 N–H and O–H groups in total. The molecule has 5 nitrogen and oxygen atoms in total. The zero-order chi connectivity index (χ0) is 15.5. The molecule has 1 atom stereocenters. The van der Waals surface area contributed by atoms with E-state index in [9.17, 15) is 22.8 Å². The molecule has 116 valence electrons. The third kappa shape index (κ3) is 4.07. The predicted molar refractivity (Wildman–Crippen MR) is 67.7 cm³/mol. The van der Waals surface area contributed by atoms with Crippen LogP contribution in [0.25, 0.3) is 0 Å². The van der Waals surface area contributed by atoms with Crippen molar-refractivity contribution in [2.75, 3.05) is 19.7 Å². The molecule has 2 heterocycles. The second-order valence-electron chi connectivity index (χ2n) is 4.72. The van der Waals surface area contributed by atoms with Crippen LogP contribution in [-0.2, 0) is 16.1 Å². The Labute approximate surface area is 118 Å². The minimum atomic E-state index is -4.48. The highest BCUT2D eigenvalue weighted by Gasteiger charge is 2.44. The molecule has 2 rings (SSSR count). The lowest BCUT2D eigenvalue weighted by molar-refractivity contribution is -0.236. The summed E-state index contributed by atoms with van der Waals surface area (Å²) in [6, 6.07) is 4.59. The molecule has 0 bridgehead atoms. The molecule has 1 aromatic heterocycles. The van der Waals surface area contributed by atoms with Gasteiger partial charge in [-0.25, -0.2) is 0 Å². The van der Waals surface area contributed by atoms with Crippen LogP contribution < -0.4 is 5.56 Å². The van der Waals surface area contributed by atoms with Crippen LogP contribution >= 0.6 is 0 Å². The summed E-state index contributed by atoms with van der Waals surface area (Å²) in [5.74, 6) is -0.414. The summed E-state index contributed by atoms with van der Waals surface area (Å²) in [5, 5.41) is 0. The van der Waals surface area contributed by atoms with Crippen LogP contribution in [-0.4, -0.2) is 47.4 Å². The van der Waals surface area contributed by atoms with Crippen molar-refractivity contribution in [2.45, 2.75) is 25.2 Å². The monoisotopic (exact) mass is 304 g/mol. The van der Waals surface area contributed by atoms with Crippen molar-refractivity contribution in [3.05, 3.63) is 34.7 Å². The number of halogens is 3. The van der Waals surface area contributed by atoms with E-state index in [4.69, 9.17) is 0 Å². The summed E-state index contributed by atoms with van der Waals surface area (Å²) in [6.07, 6.45) is -4.90. The maximum Gasteiger partial charge on any atom is 0.416 e. The molecular formula is C13H15F3N2O3. The summed E-state index contributed by atoms with van der Waals surface area (Å²) in [4.78, 5) is 24.5. The lowest BCUT2D eigenvalue weighted by Crippen LogP contribution is -2.51. The molecule has 0 saturated carbocycles. The Morgan fingerprint density at radius 1 is 1.38 bits per heavy atom. The van der Waals surface area contributed by atoms with Gasteiger partial charge in [0.1, 0.15) is 0 Å². The van der Waals surface area contributed by atoms with Gasteiger partial charge < -0.3 is 14.2 Å². The molecule has 1 saturated heterocycles. The molecule has 1 amide bonds. The number of ether oxygens (including phenoxy) is 1. The highest BCUT2D eigenvalue weighted by atomic mass is 19.4. The lowest BCUT2D eigenvalue weighted by Gasteiger charge is -2.33. The first-order valence-corrected chi connectivity index (χ1v) is 6.49. The Hall–Kier alpha value is -1.83. The maximum atomic E-state index is 12.6. The Balaban J connectivity index is 1.91. The van der Waals surface area contributed by atoms with E-state index in [0.29, 0.717) is 0 Å². The lowest BCUT2D eigenvalue weighted by atomic mass is 10.2. The van der Waals surface area contributed by atoms with Gasteiger partial charge in [-0.05, 0) is 6.07 Å². The number of alkyl halides is 3. The van der Waals surface area contributed by atoms with Gasteiger partial charge in [0.15, 0.2) is 6.10 Å². The highest BCUT2D eigenvalue weighted by Crippen LogP contribution is 2.25. The fraction of sp³-hybridized carbons (Fsp3) is 0.538. The van der Waals surface area contributed by atoms with Gasteiger partial charge in [-0.3, -0.25) is 9.59 Å². The Morgan fingerprint density at radius 2 is 2.14 bits per heavy atom. The molecule has 0 radical (unpaired) electrons. The normalized spacial score (nSPS) is 19.6. The number of morpholine rings is 1. The van der Waals surface area contributed by atoms with E-state index in [1.807, 2.05) is 0 Å². The van der Waals surface area contributed by atoms with E-state index >= 15 is 0 Å². The van der Waals surface area contributed by atoms with E-state index in [-0.39, 0.29) is 31.7 Å². The summed E-state index contributed by atoms with van der Waals surface area (Å²) >= 11 is 0. The third-order valence-electron chi connectivity index (χ3n) is 3.25. The molecule has 21 heavy (non-hydrogen) atoms. The Morgan fingerprint density at radius 3 is 2.81 bits per heavy atom. The van der Waals surface area contributed by atoms with Crippen molar-refractivity contribution in [3.63, 3.8) is 0 Å². The van der Waals surface area contributed by atoms with Crippen molar-refractivity contribution in [2.24, 2.45) is 0 Å². The molecule has 1 unspecified atom stereocenters. The van der Waals surface area contributed by atoms with Crippen LogP contribution in [0.3, 0.4) is 0 Å². The molecule has 0 spiro atoms. The minimum absolute atomic E-state index is 0.0193. The summed E-state index contributed by atoms with van der Waals surface area (Å²) in [7, 11) is 0. The molecular weight excluding hydrogens is 289 g/mol. The Bertz CT molecular complexity index is 556. The number of nitrogens with zero attached hydrogens (tertiary/aromatic N) is 2. The average molecular weight is 304 g/mol. The molecule has 1 aliphatic rings. The van der Waals surface area contributed by atoms with Gasteiger partial charge in [-0.2, -0.15) is 13.2 Å². The number of amides is 1. The topological polar surface area (TPSA) is 51.5 Å². The van der Waals surface area contributed by atoms with Gasteiger partial charge in [0.05, 0.1) is 13.2 Å². The first-order chi connectivity index (χ1) is 9.88. The van der Waals surface area contributed by atoms with E-state index in [0.717, 1.165) is 4.90 Å². The fourth-order valence-corrected chi connectivity index (χ4v) is 2.09. The molecule has 1 fully saturated rings. The Kier molecular flexibility index (Phi) is 4.66. The van der Waals surface area contributed by atoms with Crippen LogP contribution in [0.5, 0.6) is 0 Å². The van der Waals surface area contributed by atoms with Crippen LogP contribution in [0.15, 0.2) is 29.2 Å². The first kappa shape index (κ1) is 15.6. The smallest absolute Gasteiger partial charge is 0.365 e. The number of carbonyl (C=O) groups is 1. The number of hydrogen-bond donors (Lipinski definition) is 0. The number of rotatable bonds is 3. The zero-order valence-electron chi connectivity index (χ0n) is 11.2. The summed E-state index contributed by atoms with van der Waals surface area (Å²) in [6.45, 7) is -0.352. The van der Waals surface area contributed by atoms with Crippen molar-refractivity contribution in [1.82, 2.24) is 9.47 Å². The quantitative estimate of drug-likeness (QED) is 0.838. The minimum Gasteiger partial charge on any atom is -0.365 e. The molecule has 1 aliphatic heterocycles. The van der Waals surface area contributed by atoms with Crippen LogP contribution in [0.1, 0.15) is 6.42 Å². The first-order valence-electron chi connectivity index (χ1n) is 6.49. The van der Waals surface area contributed by atoms with Gasteiger partial charge in [-0.15, -0.1) is 0 Å². The van der Waals surface area contributed by atoms with Gasteiger partial charge in [-0.1, -0.05) is 6.07 Å². The highest BCUT2D eigenvalue weighted by molar-refractivity contribution is 5.76. The van der Waals surface area contributed by atoms with E-state index in [1.54, 1.807) is 12.1 Å². The van der Waals surface area contributed by atoms with Crippen LogP contribution in [0, 0.1) is 0 Å². The number of pyridine rings is 1. The van der Waals surface area contributed by atoms with Crippen LogP contribution in [0.2, 0.25) is 0 Å². The summed E-state index contributed by atoms with van der Waals surface area (Å²) in [5.41, 5.74) is -0.250. The van der Waals surface area contributed by atoms with Gasteiger partial charge in [0.2, 0.25) is 5.91 Å². The van der Waals surface area contributed by atoms with Gasteiger partial charge in [0, 0.05) is 31.8 Å². The zero-order valence-corrected chi connectivity index (χ0v) is 11.2. The molecule has 1 aromatic rings.